The summed E-state index contributed by atoms with van der Waals surface area (Å²) < 4.78 is 20.1. The number of nitrogens with one attached hydrogen (secondary N) is 1. The lowest BCUT2D eigenvalue weighted by Gasteiger charge is -2.02. The third-order valence-corrected chi connectivity index (χ3v) is 3.73. The predicted molar refractivity (Wildman–Crippen MR) is 89.1 cm³/mol. The van der Waals surface area contributed by atoms with E-state index >= 15 is 0 Å². The van der Waals surface area contributed by atoms with E-state index in [4.69, 9.17) is 9.83 Å². The fraction of sp³-hybridized carbons (Fsp3) is 0.105. The molecule has 0 aliphatic carbocycles. The van der Waals surface area contributed by atoms with Gasteiger partial charge in [-0.05, 0) is 36.6 Å². The largest absolute Gasteiger partial charge is 0.456 e. The van der Waals surface area contributed by atoms with Crippen molar-refractivity contribution in [1.82, 2.24) is 0 Å². The first-order valence-electron chi connectivity index (χ1n) is 7.13. The van der Waals surface area contributed by atoms with Crippen molar-refractivity contribution in [3.63, 3.8) is 0 Å². The van der Waals surface area contributed by atoms with E-state index in [0.717, 1.165) is 21.9 Å². The van der Waals surface area contributed by atoms with Gasteiger partial charge in [0.15, 0.2) is 0 Å². The Hall–Kier alpha value is -2.68. The van der Waals surface area contributed by atoms with Crippen molar-refractivity contribution in [2.45, 2.75) is 12.8 Å². The van der Waals surface area contributed by atoms with Crippen LogP contribution in [-0.4, -0.2) is 6.21 Å². The lowest BCUT2D eigenvalue weighted by atomic mass is 10.0. The SMILES string of the molecule is C=CC/C(C=N)=C/Cc1c(F)ccc2c1oc1ccccc12. The van der Waals surface area contributed by atoms with Crippen LogP contribution in [0.5, 0.6) is 0 Å². The molecule has 0 bridgehead atoms. The molecule has 2 aromatic carbocycles. The third-order valence-electron chi connectivity index (χ3n) is 3.73. The maximum absolute atomic E-state index is 14.2. The third kappa shape index (κ3) is 2.46. The van der Waals surface area contributed by atoms with Crippen molar-refractivity contribution >= 4 is 28.2 Å². The van der Waals surface area contributed by atoms with Gasteiger partial charge >= 0.3 is 0 Å². The van der Waals surface area contributed by atoms with Gasteiger partial charge < -0.3 is 9.83 Å². The lowest BCUT2D eigenvalue weighted by molar-refractivity contribution is 0.603. The molecular formula is C19H16FNO. The molecule has 3 aromatic rings. The van der Waals surface area contributed by atoms with Gasteiger partial charge in [0.1, 0.15) is 17.0 Å². The average molecular weight is 293 g/mol. The number of hydrogen-bond donors (Lipinski definition) is 1. The normalized spacial score (nSPS) is 12.0. The highest BCUT2D eigenvalue weighted by atomic mass is 19.1. The van der Waals surface area contributed by atoms with E-state index in [-0.39, 0.29) is 5.82 Å². The topological polar surface area (TPSA) is 37.0 Å². The zero-order valence-corrected chi connectivity index (χ0v) is 12.1. The molecule has 0 radical (unpaired) electrons. The van der Waals surface area contributed by atoms with E-state index in [1.807, 2.05) is 30.3 Å². The highest BCUT2D eigenvalue weighted by Gasteiger charge is 2.13. The Balaban J connectivity index is 2.14. The summed E-state index contributed by atoms with van der Waals surface area (Å²) in [7, 11) is 0. The second-order valence-corrected chi connectivity index (χ2v) is 5.12. The van der Waals surface area contributed by atoms with Gasteiger partial charge in [-0.15, -0.1) is 6.58 Å². The van der Waals surface area contributed by atoms with E-state index in [2.05, 4.69) is 6.58 Å². The molecule has 1 heterocycles. The standard InChI is InChI=1S/C19H16FNO/c1-2-5-13(12-21)8-9-16-17(20)11-10-15-14-6-3-4-7-18(14)22-19(15)16/h2-4,6-8,10-12,21H,1,5,9H2/b13-8-,21-12?. The molecule has 0 atom stereocenters. The molecule has 110 valence electrons. The Morgan fingerprint density at radius 3 is 2.77 bits per heavy atom. The van der Waals surface area contributed by atoms with Crippen LogP contribution in [0.15, 0.2) is 65.1 Å². The van der Waals surface area contributed by atoms with E-state index in [9.17, 15) is 4.39 Å². The first-order chi connectivity index (χ1) is 10.7. The van der Waals surface area contributed by atoms with Crippen molar-refractivity contribution in [1.29, 1.82) is 5.41 Å². The Morgan fingerprint density at radius 1 is 1.18 bits per heavy atom. The van der Waals surface area contributed by atoms with Crippen LogP contribution in [0.25, 0.3) is 21.9 Å². The number of allylic oxidation sites excluding steroid dienone is 3. The monoisotopic (exact) mass is 293 g/mol. The summed E-state index contributed by atoms with van der Waals surface area (Å²) in [6, 6.07) is 10.9. The molecule has 0 fully saturated rings. The maximum Gasteiger partial charge on any atom is 0.141 e. The molecule has 3 rings (SSSR count). The minimum Gasteiger partial charge on any atom is -0.456 e. The fourth-order valence-electron chi connectivity index (χ4n) is 2.61. The first-order valence-corrected chi connectivity index (χ1v) is 7.13. The number of rotatable bonds is 5. The minimum atomic E-state index is -0.286. The number of para-hydroxylation sites is 1. The van der Waals surface area contributed by atoms with Crippen molar-refractivity contribution in [2.75, 3.05) is 0 Å². The lowest BCUT2D eigenvalue weighted by Crippen LogP contribution is -1.91. The zero-order chi connectivity index (χ0) is 15.5. The van der Waals surface area contributed by atoms with Gasteiger partial charge in [0.25, 0.3) is 0 Å². The Kier molecular flexibility index (Phi) is 3.88. The van der Waals surface area contributed by atoms with Gasteiger partial charge in [0, 0.05) is 22.6 Å². The van der Waals surface area contributed by atoms with Crippen molar-refractivity contribution in [3.8, 4) is 0 Å². The fourth-order valence-corrected chi connectivity index (χ4v) is 2.61. The van der Waals surface area contributed by atoms with Crippen molar-refractivity contribution in [2.24, 2.45) is 0 Å². The molecule has 0 saturated heterocycles. The van der Waals surface area contributed by atoms with Crippen LogP contribution in [0.1, 0.15) is 12.0 Å². The molecule has 3 heteroatoms. The van der Waals surface area contributed by atoms with Gasteiger partial charge in [0.05, 0.1) is 0 Å². The molecule has 1 N–H and O–H groups in total. The number of fused-ring (bicyclic) bond motifs is 3. The Bertz CT molecular complexity index is 889. The van der Waals surface area contributed by atoms with Crippen LogP contribution < -0.4 is 0 Å². The summed E-state index contributed by atoms with van der Waals surface area (Å²) in [5.41, 5.74) is 2.67. The molecule has 0 saturated carbocycles. The quantitative estimate of drug-likeness (QED) is 0.495. The van der Waals surface area contributed by atoms with Gasteiger partial charge in [-0.25, -0.2) is 4.39 Å². The smallest absolute Gasteiger partial charge is 0.141 e. The number of halogens is 1. The van der Waals surface area contributed by atoms with E-state index in [0.29, 0.717) is 24.0 Å². The van der Waals surface area contributed by atoms with Gasteiger partial charge in [-0.2, -0.15) is 0 Å². The van der Waals surface area contributed by atoms with Crippen molar-refractivity contribution in [3.05, 3.63) is 72.1 Å². The van der Waals surface area contributed by atoms with Crippen LogP contribution in [0.4, 0.5) is 4.39 Å². The summed E-state index contributed by atoms with van der Waals surface area (Å²) in [4.78, 5) is 0. The molecule has 0 aliphatic rings. The number of benzene rings is 2. The highest BCUT2D eigenvalue weighted by Crippen LogP contribution is 2.32. The minimum absolute atomic E-state index is 0.286. The van der Waals surface area contributed by atoms with Crippen LogP contribution in [-0.2, 0) is 6.42 Å². The summed E-state index contributed by atoms with van der Waals surface area (Å²) >= 11 is 0. The summed E-state index contributed by atoms with van der Waals surface area (Å²) in [5, 5.41) is 9.28. The zero-order valence-electron chi connectivity index (χ0n) is 12.1. The second-order valence-electron chi connectivity index (χ2n) is 5.12. The van der Waals surface area contributed by atoms with Crippen LogP contribution in [0.2, 0.25) is 0 Å². The number of furan rings is 1. The van der Waals surface area contributed by atoms with Crippen LogP contribution in [0.3, 0.4) is 0 Å². The average Bonchev–Trinajstić information content (AvgIpc) is 2.91. The Morgan fingerprint density at radius 2 is 2.00 bits per heavy atom. The first kappa shape index (κ1) is 14.3. The van der Waals surface area contributed by atoms with Crippen LogP contribution in [0, 0.1) is 11.2 Å². The van der Waals surface area contributed by atoms with Gasteiger partial charge in [0.2, 0.25) is 0 Å². The summed E-state index contributed by atoms with van der Waals surface area (Å²) in [6.07, 6.45) is 5.84. The molecule has 22 heavy (non-hydrogen) atoms. The Labute approximate surface area is 128 Å². The second kappa shape index (κ2) is 5.98. The van der Waals surface area contributed by atoms with Gasteiger partial charge in [-0.1, -0.05) is 30.4 Å². The molecule has 0 amide bonds. The van der Waals surface area contributed by atoms with E-state index < -0.39 is 0 Å². The maximum atomic E-state index is 14.2. The van der Waals surface area contributed by atoms with Gasteiger partial charge in [-0.3, -0.25) is 0 Å². The highest BCUT2D eigenvalue weighted by molar-refractivity contribution is 6.05. The molecule has 2 nitrogen and oxygen atoms in total. The van der Waals surface area contributed by atoms with E-state index in [1.54, 1.807) is 12.1 Å². The molecule has 0 unspecified atom stereocenters. The summed E-state index contributed by atoms with van der Waals surface area (Å²) in [5.74, 6) is -0.286. The molecule has 0 spiro atoms. The molecular weight excluding hydrogens is 277 g/mol. The predicted octanol–water partition coefficient (Wildman–Crippen LogP) is 5.42. The molecule has 1 aromatic heterocycles. The van der Waals surface area contributed by atoms with Crippen molar-refractivity contribution < 1.29 is 8.81 Å². The van der Waals surface area contributed by atoms with Crippen LogP contribution >= 0.6 is 0 Å². The number of hydrogen-bond acceptors (Lipinski definition) is 2. The van der Waals surface area contributed by atoms with E-state index in [1.165, 1.54) is 12.3 Å². The molecule has 0 aliphatic heterocycles. The summed E-state index contributed by atoms with van der Waals surface area (Å²) in [6.45, 7) is 3.66.